The molecule has 2 amide bonds. The van der Waals surface area contributed by atoms with Gasteiger partial charge in [0.15, 0.2) is 5.82 Å². The molecule has 5 rings (SSSR count). The molecule has 0 spiro atoms. The molecule has 32 heavy (non-hydrogen) atoms. The van der Waals surface area contributed by atoms with Gasteiger partial charge in [-0.05, 0) is 37.8 Å². The number of H-pyrrole nitrogens is 2. The van der Waals surface area contributed by atoms with Crippen LogP contribution in [0.2, 0.25) is 0 Å². The summed E-state index contributed by atoms with van der Waals surface area (Å²) in [7, 11) is 0. The molecule has 2 atom stereocenters. The number of benzene rings is 1. The fraction of sp³-hybridized carbons (Fsp3) is 0.478. The lowest BCUT2D eigenvalue weighted by molar-refractivity contribution is -0.132. The summed E-state index contributed by atoms with van der Waals surface area (Å²) in [5.74, 6) is 1.33. The molecule has 3 N–H and O–H groups in total. The lowest BCUT2D eigenvalue weighted by Gasteiger charge is -2.24. The molecule has 2 aliphatic rings. The van der Waals surface area contributed by atoms with E-state index in [1.807, 2.05) is 42.3 Å². The molecule has 3 aromatic rings. The fourth-order valence-corrected chi connectivity index (χ4v) is 4.79. The molecule has 2 aliphatic heterocycles. The van der Waals surface area contributed by atoms with Crippen LogP contribution in [0, 0.1) is 12.8 Å². The summed E-state index contributed by atoms with van der Waals surface area (Å²) in [5, 5.41) is 11.4. The smallest absolute Gasteiger partial charge is 0.227 e. The summed E-state index contributed by atoms with van der Waals surface area (Å²) in [4.78, 5) is 35.7. The van der Waals surface area contributed by atoms with Crippen LogP contribution in [0.5, 0.6) is 0 Å². The Morgan fingerprint density at radius 2 is 2.06 bits per heavy atom. The van der Waals surface area contributed by atoms with Crippen LogP contribution in [0.25, 0.3) is 10.9 Å². The van der Waals surface area contributed by atoms with Gasteiger partial charge in [0.1, 0.15) is 5.82 Å². The molecule has 0 radical (unpaired) electrons. The number of aromatic nitrogens is 4. The van der Waals surface area contributed by atoms with Gasteiger partial charge in [0.05, 0.1) is 12.5 Å². The van der Waals surface area contributed by atoms with Gasteiger partial charge < -0.3 is 19.9 Å². The van der Waals surface area contributed by atoms with E-state index in [0.29, 0.717) is 37.8 Å². The number of ether oxygens (including phenoxy) is 1. The second kappa shape index (κ2) is 8.74. The number of rotatable bonds is 5. The molecule has 1 aromatic carbocycles. The first-order valence-electron chi connectivity index (χ1n) is 11.2. The first-order valence-corrected chi connectivity index (χ1v) is 11.2. The third kappa shape index (κ3) is 4.12. The highest BCUT2D eigenvalue weighted by atomic mass is 16.5. The average molecular weight is 437 g/mol. The van der Waals surface area contributed by atoms with E-state index in [9.17, 15) is 9.59 Å². The van der Waals surface area contributed by atoms with Crippen LogP contribution in [0.4, 0.5) is 0 Å². The van der Waals surface area contributed by atoms with Crippen LogP contribution >= 0.6 is 0 Å². The summed E-state index contributed by atoms with van der Waals surface area (Å²) >= 11 is 0. The highest BCUT2D eigenvalue weighted by Crippen LogP contribution is 2.32. The Kier molecular flexibility index (Phi) is 5.65. The number of fused-ring (bicyclic) bond motifs is 1. The molecule has 9 heteroatoms. The Bertz CT molecular complexity index is 1120. The molecule has 0 aliphatic carbocycles. The van der Waals surface area contributed by atoms with E-state index in [1.54, 1.807) is 0 Å². The molecule has 2 unspecified atom stereocenters. The topological polar surface area (TPSA) is 116 Å². The zero-order valence-electron chi connectivity index (χ0n) is 18.1. The number of nitrogens with one attached hydrogen (secondary N) is 3. The highest BCUT2D eigenvalue weighted by molar-refractivity contribution is 5.89. The minimum absolute atomic E-state index is 0.00465. The number of carbonyl (C=O) groups excluding carboxylic acids is 2. The third-order valence-electron chi connectivity index (χ3n) is 6.49. The van der Waals surface area contributed by atoms with Crippen LogP contribution in [0.3, 0.4) is 0 Å². The molecule has 2 saturated heterocycles. The van der Waals surface area contributed by atoms with Crippen LogP contribution < -0.4 is 5.32 Å². The van der Waals surface area contributed by atoms with E-state index < -0.39 is 0 Å². The molecule has 0 bridgehead atoms. The minimum atomic E-state index is -0.266. The number of para-hydroxylation sites is 1. The second-order valence-electron chi connectivity index (χ2n) is 8.71. The number of aryl methyl sites for hydroxylation is 1. The number of hydrogen-bond donors (Lipinski definition) is 3. The zero-order chi connectivity index (χ0) is 22.1. The lowest BCUT2D eigenvalue weighted by atomic mass is 9.99. The van der Waals surface area contributed by atoms with E-state index in [0.717, 1.165) is 29.3 Å². The van der Waals surface area contributed by atoms with E-state index in [-0.39, 0.29) is 36.2 Å². The average Bonchev–Trinajstić information content (AvgIpc) is 3.53. The maximum Gasteiger partial charge on any atom is 0.227 e. The van der Waals surface area contributed by atoms with E-state index >= 15 is 0 Å². The van der Waals surface area contributed by atoms with Gasteiger partial charge in [0, 0.05) is 48.8 Å². The third-order valence-corrected chi connectivity index (χ3v) is 6.49. The van der Waals surface area contributed by atoms with Gasteiger partial charge in [-0.15, -0.1) is 0 Å². The molecular formula is C23H28N6O3. The number of likely N-dealkylation sites (tertiary alicyclic amines) is 1. The number of hydrogen-bond acceptors (Lipinski definition) is 5. The van der Waals surface area contributed by atoms with Crippen molar-refractivity contribution in [2.75, 3.05) is 19.8 Å². The van der Waals surface area contributed by atoms with Gasteiger partial charge in [-0.25, -0.2) is 4.98 Å². The molecule has 2 fully saturated rings. The summed E-state index contributed by atoms with van der Waals surface area (Å²) in [6, 6.07) is 7.57. The fourth-order valence-electron chi connectivity index (χ4n) is 4.79. The van der Waals surface area contributed by atoms with Crippen LogP contribution in [-0.2, 0) is 20.7 Å². The Morgan fingerprint density at radius 3 is 2.84 bits per heavy atom. The van der Waals surface area contributed by atoms with Crippen molar-refractivity contribution in [2.45, 2.75) is 44.7 Å². The number of nitrogens with zero attached hydrogens (tertiary/aromatic N) is 3. The van der Waals surface area contributed by atoms with Crippen LogP contribution in [0.1, 0.15) is 42.5 Å². The van der Waals surface area contributed by atoms with Gasteiger partial charge in [0.2, 0.25) is 11.8 Å². The van der Waals surface area contributed by atoms with Gasteiger partial charge in [-0.3, -0.25) is 14.7 Å². The van der Waals surface area contributed by atoms with Crippen molar-refractivity contribution in [1.82, 2.24) is 30.4 Å². The van der Waals surface area contributed by atoms with Crippen molar-refractivity contribution in [3.63, 3.8) is 0 Å². The molecule has 0 saturated carbocycles. The molecule has 9 nitrogen and oxygen atoms in total. The molecule has 168 valence electrons. The summed E-state index contributed by atoms with van der Waals surface area (Å²) in [5.41, 5.74) is 1.98. The maximum atomic E-state index is 13.4. The number of amides is 2. The van der Waals surface area contributed by atoms with E-state index in [4.69, 9.17) is 4.74 Å². The summed E-state index contributed by atoms with van der Waals surface area (Å²) in [6.07, 6.45) is 4.27. The number of aromatic amines is 2. The quantitative estimate of drug-likeness (QED) is 0.566. The maximum absolute atomic E-state index is 13.4. The monoisotopic (exact) mass is 436 g/mol. The van der Waals surface area contributed by atoms with E-state index in [1.165, 1.54) is 0 Å². The summed E-state index contributed by atoms with van der Waals surface area (Å²) < 4.78 is 5.37. The standard InChI is InChI=1S/C23H28N6O3/c1-14-25-22(28-27-14)20-11-17(26-23(31)15-6-8-32-9-7-15)13-29(20)21(30)10-16-12-24-19-5-3-2-4-18(16)19/h2-5,12,15,17,20,24H,6-11,13H2,1H3,(H,26,31)(H,25,27,28). The Hall–Kier alpha value is -3.20. The van der Waals surface area contributed by atoms with Gasteiger partial charge in [-0.1, -0.05) is 18.2 Å². The second-order valence-corrected chi connectivity index (χ2v) is 8.71. The van der Waals surface area contributed by atoms with Gasteiger partial charge in [0.25, 0.3) is 0 Å². The Morgan fingerprint density at radius 1 is 1.25 bits per heavy atom. The number of carbonyl (C=O) groups is 2. The van der Waals surface area contributed by atoms with Crippen molar-refractivity contribution in [3.05, 3.63) is 47.7 Å². The SMILES string of the molecule is Cc1nc(C2CC(NC(=O)C3CCOCC3)CN2C(=O)Cc2c[nH]c3ccccc23)n[nH]1. The Balaban J connectivity index is 1.33. The first-order chi connectivity index (χ1) is 15.6. The van der Waals surface area contributed by atoms with Crippen molar-refractivity contribution in [3.8, 4) is 0 Å². The zero-order valence-corrected chi connectivity index (χ0v) is 18.1. The van der Waals surface area contributed by atoms with Crippen LogP contribution in [-0.4, -0.2) is 62.7 Å². The molecule has 2 aromatic heterocycles. The minimum Gasteiger partial charge on any atom is -0.381 e. The molecule has 4 heterocycles. The van der Waals surface area contributed by atoms with Crippen molar-refractivity contribution in [2.24, 2.45) is 5.92 Å². The summed E-state index contributed by atoms with van der Waals surface area (Å²) in [6.45, 7) is 3.54. The predicted molar refractivity (Wildman–Crippen MR) is 118 cm³/mol. The normalized spacial score (nSPS) is 21.8. The van der Waals surface area contributed by atoms with E-state index in [2.05, 4.69) is 25.5 Å². The van der Waals surface area contributed by atoms with Gasteiger partial charge >= 0.3 is 0 Å². The molecular weight excluding hydrogens is 408 g/mol. The predicted octanol–water partition coefficient (Wildman–Crippen LogP) is 2.02. The highest BCUT2D eigenvalue weighted by Gasteiger charge is 2.39. The van der Waals surface area contributed by atoms with Crippen LogP contribution in [0.15, 0.2) is 30.5 Å². The lowest BCUT2D eigenvalue weighted by Crippen LogP contribution is -2.42. The van der Waals surface area contributed by atoms with Gasteiger partial charge in [-0.2, -0.15) is 5.10 Å². The van der Waals surface area contributed by atoms with Crippen molar-refractivity contribution >= 4 is 22.7 Å². The Labute approximate surface area is 185 Å². The van der Waals surface area contributed by atoms with Crippen molar-refractivity contribution < 1.29 is 14.3 Å². The first kappa shape index (κ1) is 20.7. The van der Waals surface area contributed by atoms with Crippen molar-refractivity contribution in [1.29, 1.82) is 0 Å². The largest absolute Gasteiger partial charge is 0.381 e.